The van der Waals surface area contributed by atoms with Crippen molar-refractivity contribution in [3.63, 3.8) is 0 Å². The van der Waals surface area contributed by atoms with Crippen molar-refractivity contribution in [1.82, 2.24) is 15.0 Å². The molecule has 0 amide bonds. The zero-order valence-corrected chi connectivity index (χ0v) is 11.7. The highest BCUT2D eigenvalue weighted by Gasteiger charge is 2.27. The highest BCUT2D eigenvalue weighted by Crippen LogP contribution is 2.38. The fourth-order valence-electron chi connectivity index (χ4n) is 2.60. The van der Waals surface area contributed by atoms with Crippen LogP contribution in [0.15, 0.2) is 24.3 Å². The molecule has 1 aromatic heterocycles. The molecule has 5 heteroatoms. The molecule has 0 bridgehead atoms. The smallest absolute Gasteiger partial charge is 0.119 e. The van der Waals surface area contributed by atoms with Crippen LogP contribution in [-0.2, 0) is 6.54 Å². The Morgan fingerprint density at radius 3 is 2.60 bits per heavy atom. The van der Waals surface area contributed by atoms with Gasteiger partial charge in [-0.1, -0.05) is 11.6 Å². The lowest BCUT2D eigenvalue weighted by Crippen LogP contribution is -2.17. The number of hydrogen-bond acceptors (Lipinski definition) is 4. The van der Waals surface area contributed by atoms with Gasteiger partial charge in [0.05, 0.1) is 18.0 Å². The van der Waals surface area contributed by atoms with E-state index in [0.717, 1.165) is 17.1 Å². The number of rotatable bonds is 5. The molecule has 2 aromatic rings. The molecule has 0 atom stereocenters. The second kappa shape index (κ2) is 5.63. The molecule has 2 N–H and O–H groups in total. The second-order valence-electron chi connectivity index (χ2n) is 5.09. The third kappa shape index (κ3) is 2.29. The van der Waals surface area contributed by atoms with Gasteiger partial charge in [0.2, 0.25) is 0 Å². The van der Waals surface area contributed by atoms with Crippen molar-refractivity contribution in [1.29, 1.82) is 0 Å². The predicted molar refractivity (Wildman–Crippen MR) is 77.0 cm³/mol. The molecule has 0 aliphatic heterocycles. The second-order valence-corrected chi connectivity index (χ2v) is 5.09. The molecule has 1 fully saturated rings. The van der Waals surface area contributed by atoms with Crippen LogP contribution in [0.4, 0.5) is 0 Å². The van der Waals surface area contributed by atoms with Gasteiger partial charge in [0, 0.05) is 12.5 Å². The maximum absolute atomic E-state index is 5.79. The summed E-state index contributed by atoms with van der Waals surface area (Å²) in [6, 6.07) is 7.96. The Morgan fingerprint density at radius 1 is 1.30 bits per heavy atom. The average molecular weight is 272 g/mol. The van der Waals surface area contributed by atoms with Crippen molar-refractivity contribution in [2.24, 2.45) is 5.73 Å². The van der Waals surface area contributed by atoms with E-state index < -0.39 is 0 Å². The van der Waals surface area contributed by atoms with Gasteiger partial charge in [0.15, 0.2) is 0 Å². The van der Waals surface area contributed by atoms with Crippen molar-refractivity contribution >= 4 is 0 Å². The van der Waals surface area contributed by atoms with Crippen molar-refractivity contribution in [2.45, 2.75) is 38.6 Å². The minimum absolute atomic E-state index is 0.447. The molecule has 1 saturated carbocycles. The van der Waals surface area contributed by atoms with Crippen LogP contribution < -0.4 is 10.5 Å². The van der Waals surface area contributed by atoms with Crippen LogP contribution in [0.1, 0.15) is 43.5 Å². The summed E-state index contributed by atoms with van der Waals surface area (Å²) < 4.78 is 7.40. The zero-order chi connectivity index (χ0) is 13.9. The summed E-state index contributed by atoms with van der Waals surface area (Å²) >= 11 is 0. The largest absolute Gasteiger partial charge is 0.494 e. The third-order valence-electron chi connectivity index (χ3n) is 3.86. The molecule has 1 aliphatic carbocycles. The predicted octanol–water partition coefficient (Wildman–Crippen LogP) is 2.39. The Bertz CT molecular complexity index is 572. The topological polar surface area (TPSA) is 66.0 Å². The fraction of sp³-hybridized carbons (Fsp3) is 0.467. The summed E-state index contributed by atoms with van der Waals surface area (Å²) in [6.07, 6.45) is 3.69. The van der Waals surface area contributed by atoms with Crippen molar-refractivity contribution in [3.8, 4) is 11.4 Å². The standard InChI is InChI=1S/C15H20N4O/c1-2-20-13-8-6-12(7-9-13)19-15(11-4-3-5-11)14(10-16)17-18-19/h6-9,11H,2-5,10,16H2,1H3. The average Bonchev–Trinajstić information content (AvgIpc) is 2.82. The van der Waals surface area contributed by atoms with Gasteiger partial charge in [-0.15, -0.1) is 5.10 Å². The van der Waals surface area contributed by atoms with Crippen LogP contribution in [-0.4, -0.2) is 21.6 Å². The van der Waals surface area contributed by atoms with E-state index in [-0.39, 0.29) is 0 Å². The number of nitrogens with two attached hydrogens (primary N) is 1. The van der Waals surface area contributed by atoms with E-state index in [2.05, 4.69) is 10.3 Å². The summed E-state index contributed by atoms with van der Waals surface area (Å²) in [5.74, 6) is 1.43. The maximum atomic E-state index is 5.79. The molecule has 1 aliphatic rings. The third-order valence-corrected chi connectivity index (χ3v) is 3.86. The van der Waals surface area contributed by atoms with Crippen LogP contribution in [0.3, 0.4) is 0 Å². The summed E-state index contributed by atoms with van der Waals surface area (Å²) in [7, 11) is 0. The van der Waals surface area contributed by atoms with Crippen molar-refractivity contribution in [2.75, 3.05) is 6.61 Å². The number of aromatic nitrogens is 3. The fourth-order valence-corrected chi connectivity index (χ4v) is 2.60. The van der Waals surface area contributed by atoms with Crippen LogP contribution in [0.5, 0.6) is 5.75 Å². The monoisotopic (exact) mass is 272 g/mol. The Kier molecular flexibility index (Phi) is 3.69. The Morgan fingerprint density at radius 2 is 2.05 bits per heavy atom. The summed E-state index contributed by atoms with van der Waals surface area (Å²) in [4.78, 5) is 0. The molecule has 0 saturated heterocycles. The van der Waals surface area contributed by atoms with Gasteiger partial charge in [-0.05, 0) is 44.0 Å². The number of benzene rings is 1. The summed E-state index contributed by atoms with van der Waals surface area (Å²) in [6.45, 7) is 3.10. The highest BCUT2D eigenvalue weighted by atomic mass is 16.5. The summed E-state index contributed by atoms with van der Waals surface area (Å²) in [5, 5.41) is 8.51. The number of nitrogens with zero attached hydrogens (tertiary/aromatic N) is 3. The molecule has 20 heavy (non-hydrogen) atoms. The van der Waals surface area contributed by atoms with Crippen molar-refractivity contribution in [3.05, 3.63) is 35.7 Å². The molecular formula is C15H20N4O. The normalized spacial score (nSPS) is 15.1. The first-order valence-electron chi connectivity index (χ1n) is 7.21. The maximum Gasteiger partial charge on any atom is 0.119 e. The highest BCUT2D eigenvalue weighted by molar-refractivity contribution is 5.39. The molecule has 0 unspecified atom stereocenters. The number of hydrogen-bond donors (Lipinski definition) is 1. The van der Waals surface area contributed by atoms with Gasteiger partial charge >= 0.3 is 0 Å². The lowest BCUT2D eigenvalue weighted by atomic mass is 9.82. The Balaban J connectivity index is 1.94. The van der Waals surface area contributed by atoms with E-state index in [0.29, 0.717) is 19.1 Å². The van der Waals surface area contributed by atoms with Gasteiger partial charge in [0.1, 0.15) is 11.4 Å². The van der Waals surface area contributed by atoms with Crippen LogP contribution in [0.25, 0.3) is 5.69 Å². The molecule has 1 heterocycles. The van der Waals surface area contributed by atoms with Crippen LogP contribution in [0.2, 0.25) is 0 Å². The lowest BCUT2D eigenvalue weighted by Gasteiger charge is -2.26. The first kappa shape index (κ1) is 13.1. The van der Waals surface area contributed by atoms with Crippen molar-refractivity contribution < 1.29 is 4.74 Å². The quantitative estimate of drug-likeness (QED) is 0.907. The Labute approximate surface area is 118 Å². The van der Waals surface area contributed by atoms with E-state index in [1.165, 1.54) is 25.0 Å². The molecule has 0 radical (unpaired) electrons. The van der Waals surface area contributed by atoms with E-state index in [9.17, 15) is 0 Å². The van der Waals surface area contributed by atoms with E-state index in [1.807, 2.05) is 35.9 Å². The van der Waals surface area contributed by atoms with Gasteiger partial charge in [-0.2, -0.15) is 0 Å². The zero-order valence-electron chi connectivity index (χ0n) is 11.7. The van der Waals surface area contributed by atoms with Gasteiger partial charge in [0.25, 0.3) is 0 Å². The molecule has 3 rings (SSSR count). The number of ether oxygens (including phenoxy) is 1. The molecule has 1 aromatic carbocycles. The van der Waals surface area contributed by atoms with E-state index in [1.54, 1.807) is 0 Å². The molecule has 106 valence electrons. The van der Waals surface area contributed by atoms with E-state index in [4.69, 9.17) is 10.5 Å². The van der Waals surface area contributed by atoms with Gasteiger partial charge in [-0.25, -0.2) is 4.68 Å². The molecule has 5 nitrogen and oxygen atoms in total. The summed E-state index contributed by atoms with van der Waals surface area (Å²) in [5.41, 5.74) is 8.91. The van der Waals surface area contributed by atoms with E-state index >= 15 is 0 Å². The molecule has 0 spiro atoms. The van der Waals surface area contributed by atoms with Crippen LogP contribution >= 0.6 is 0 Å². The SMILES string of the molecule is CCOc1ccc(-n2nnc(CN)c2C2CCC2)cc1. The minimum atomic E-state index is 0.447. The first-order chi connectivity index (χ1) is 9.83. The molecular weight excluding hydrogens is 252 g/mol. The minimum Gasteiger partial charge on any atom is -0.494 e. The lowest BCUT2D eigenvalue weighted by molar-refractivity contribution is 0.340. The first-order valence-corrected chi connectivity index (χ1v) is 7.21. The van der Waals surface area contributed by atoms with Gasteiger partial charge < -0.3 is 10.5 Å². The van der Waals surface area contributed by atoms with Crippen LogP contribution in [0, 0.1) is 0 Å². The Hall–Kier alpha value is -1.88. The van der Waals surface area contributed by atoms with Gasteiger partial charge in [-0.3, -0.25) is 0 Å².